The van der Waals surface area contributed by atoms with E-state index in [1.54, 1.807) is 0 Å². The Morgan fingerprint density at radius 2 is 1.04 bits per heavy atom. The molecule has 0 fully saturated rings. The van der Waals surface area contributed by atoms with Crippen molar-refractivity contribution >= 4 is 11.9 Å². The van der Waals surface area contributed by atoms with Gasteiger partial charge in [-0.05, 0) is 38.5 Å². The predicted molar refractivity (Wildman–Crippen MR) is 96.1 cm³/mol. The van der Waals surface area contributed by atoms with Crippen molar-refractivity contribution in [1.82, 2.24) is 0 Å². The van der Waals surface area contributed by atoms with Crippen molar-refractivity contribution in [1.29, 1.82) is 0 Å². The summed E-state index contributed by atoms with van der Waals surface area (Å²) >= 11 is 0. The van der Waals surface area contributed by atoms with Crippen molar-refractivity contribution in [3.63, 3.8) is 0 Å². The molecule has 0 atom stereocenters. The number of unbranched alkanes of at least 4 members (excludes halogenated alkanes) is 6. The van der Waals surface area contributed by atoms with Crippen LogP contribution >= 0.6 is 0 Å². The minimum atomic E-state index is -0.417. The van der Waals surface area contributed by atoms with Crippen LogP contribution in [0.25, 0.3) is 0 Å². The highest BCUT2D eigenvalue weighted by molar-refractivity contribution is 5.85. The fourth-order valence-electron chi connectivity index (χ4n) is 2.13. The smallest absolute Gasteiger partial charge is 0.313 e. The summed E-state index contributed by atoms with van der Waals surface area (Å²) < 4.78 is 4.79. The summed E-state index contributed by atoms with van der Waals surface area (Å²) in [6.07, 6.45) is 19.5. The molecule has 0 saturated carbocycles. The molecule has 0 aromatic heterocycles. The maximum absolute atomic E-state index is 11.5. The van der Waals surface area contributed by atoms with Crippen molar-refractivity contribution in [3.8, 4) is 0 Å². The van der Waals surface area contributed by atoms with E-state index in [1.807, 2.05) is 12.2 Å². The average Bonchev–Trinajstić information content (AvgIpc) is 2.53. The van der Waals surface area contributed by atoms with Crippen LogP contribution in [0.1, 0.15) is 90.9 Å². The molecule has 0 aliphatic rings. The molecule has 0 radical (unpaired) electrons. The highest BCUT2D eigenvalue weighted by Gasteiger charge is 2.08. The third kappa shape index (κ3) is 16.8. The minimum Gasteiger partial charge on any atom is -0.393 e. The molecule has 0 aliphatic carbocycles. The molecule has 3 nitrogen and oxygen atoms in total. The summed E-state index contributed by atoms with van der Waals surface area (Å²) in [4.78, 5) is 23.0. The van der Waals surface area contributed by atoms with Gasteiger partial charge in [-0.15, -0.1) is 0 Å². The summed E-state index contributed by atoms with van der Waals surface area (Å²) in [5.41, 5.74) is 0. The summed E-state index contributed by atoms with van der Waals surface area (Å²) in [7, 11) is 0. The third-order valence-corrected chi connectivity index (χ3v) is 3.54. The molecule has 0 bridgehead atoms. The fourth-order valence-corrected chi connectivity index (χ4v) is 2.13. The molecule has 3 heteroatoms. The van der Waals surface area contributed by atoms with Gasteiger partial charge in [0.2, 0.25) is 0 Å². The molecular weight excluding hydrogens is 288 g/mol. The van der Waals surface area contributed by atoms with Gasteiger partial charge in [-0.1, -0.05) is 63.8 Å². The van der Waals surface area contributed by atoms with Gasteiger partial charge in [-0.3, -0.25) is 9.59 Å². The topological polar surface area (TPSA) is 43.4 Å². The second-order valence-electron chi connectivity index (χ2n) is 5.86. The summed E-state index contributed by atoms with van der Waals surface area (Å²) in [5, 5.41) is 0. The molecule has 0 aromatic rings. The van der Waals surface area contributed by atoms with E-state index in [2.05, 4.69) is 26.0 Å². The lowest BCUT2D eigenvalue weighted by molar-refractivity contribution is -0.159. The van der Waals surface area contributed by atoms with Gasteiger partial charge in [0, 0.05) is 12.8 Å². The van der Waals surface area contributed by atoms with E-state index in [-0.39, 0.29) is 12.8 Å². The Balaban J connectivity index is 3.56. The first-order chi connectivity index (χ1) is 11.2. The van der Waals surface area contributed by atoms with Gasteiger partial charge in [0.1, 0.15) is 0 Å². The van der Waals surface area contributed by atoms with Crippen LogP contribution in [-0.4, -0.2) is 11.9 Å². The van der Waals surface area contributed by atoms with E-state index in [9.17, 15) is 9.59 Å². The van der Waals surface area contributed by atoms with Crippen LogP contribution in [0.15, 0.2) is 24.3 Å². The highest BCUT2D eigenvalue weighted by Crippen LogP contribution is 2.04. The third-order valence-electron chi connectivity index (χ3n) is 3.54. The zero-order chi connectivity index (χ0) is 17.2. The number of carbonyl (C=O) groups is 2. The number of carbonyl (C=O) groups excluding carboxylic acids is 2. The lowest BCUT2D eigenvalue weighted by Gasteiger charge is -2.00. The molecule has 0 amide bonds. The lowest BCUT2D eigenvalue weighted by Crippen LogP contribution is -2.11. The van der Waals surface area contributed by atoms with Crippen molar-refractivity contribution in [2.75, 3.05) is 0 Å². The Kier molecular flexibility index (Phi) is 16.0. The summed E-state index contributed by atoms with van der Waals surface area (Å²) in [6, 6.07) is 0. The van der Waals surface area contributed by atoms with E-state index >= 15 is 0 Å². The van der Waals surface area contributed by atoms with Crippen LogP contribution in [0.2, 0.25) is 0 Å². The van der Waals surface area contributed by atoms with E-state index in [0.29, 0.717) is 12.8 Å². The lowest BCUT2D eigenvalue weighted by atomic mass is 10.2. The Labute approximate surface area is 142 Å². The van der Waals surface area contributed by atoms with Gasteiger partial charge in [-0.25, -0.2) is 0 Å². The normalized spacial score (nSPS) is 11.4. The van der Waals surface area contributed by atoms with Gasteiger partial charge in [0.15, 0.2) is 0 Å². The minimum absolute atomic E-state index is 0.281. The first kappa shape index (κ1) is 21.6. The van der Waals surface area contributed by atoms with Crippen molar-refractivity contribution in [2.45, 2.75) is 90.9 Å². The molecule has 0 N–H and O–H groups in total. The number of allylic oxidation sites excluding steroid dienone is 4. The summed E-state index contributed by atoms with van der Waals surface area (Å²) in [6.45, 7) is 4.36. The molecule has 0 rings (SSSR count). The molecule has 0 aliphatic heterocycles. The van der Waals surface area contributed by atoms with Crippen molar-refractivity contribution < 1.29 is 14.3 Å². The van der Waals surface area contributed by atoms with E-state index in [1.165, 1.54) is 38.5 Å². The quantitative estimate of drug-likeness (QED) is 0.173. The van der Waals surface area contributed by atoms with Gasteiger partial charge < -0.3 is 4.74 Å². The van der Waals surface area contributed by atoms with Crippen LogP contribution in [0.4, 0.5) is 0 Å². The molecule has 0 heterocycles. The molecule has 0 saturated heterocycles. The number of rotatable bonds is 14. The SMILES string of the molecule is CCCCC/C=C/CCC(=O)OC(=O)CC/C=C/CCCCC. The summed E-state index contributed by atoms with van der Waals surface area (Å²) in [5.74, 6) is -0.833. The number of hydrogen-bond acceptors (Lipinski definition) is 3. The fraction of sp³-hybridized carbons (Fsp3) is 0.700. The number of ether oxygens (including phenoxy) is 1. The Bertz CT molecular complexity index is 322. The van der Waals surface area contributed by atoms with Crippen LogP contribution < -0.4 is 0 Å². The number of esters is 2. The van der Waals surface area contributed by atoms with E-state index < -0.39 is 11.9 Å². The van der Waals surface area contributed by atoms with Crippen molar-refractivity contribution in [3.05, 3.63) is 24.3 Å². The molecule has 132 valence electrons. The largest absolute Gasteiger partial charge is 0.393 e. The van der Waals surface area contributed by atoms with E-state index in [0.717, 1.165) is 12.8 Å². The monoisotopic (exact) mass is 322 g/mol. The van der Waals surface area contributed by atoms with Crippen LogP contribution in [0.3, 0.4) is 0 Å². The molecule has 0 unspecified atom stereocenters. The molecule has 0 aromatic carbocycles. The second-order valence-corrected chi connectivity index (χ2v) is 5.86. The molecule has 23 heavy (non-hydrogen) atoms. The average molecular weight is 322 g/mol. The maximum atomic E-state index is 11.5. The van der Waals surface area contributed by atoms with Gasteiger partial charge in [-0.2, -0.15) is 0 Å². The van der Waals surface area contributed by atoms with Gasteiger partial charge >= 0.3 is 11.9 Å². The number of hydrogen-bond donors (Lipinski definition) is 0. The zero-order valence-electron chi connectivity index (χ0n) is 15.0. The first-order valence-electron chi connectivity index (χ1n) is 9.24. The predicted octanol–water partition coefficient (Wildman–Crippen LogP) is 5.89. The van der Waals surface area contributed by atoms with Crippen LogP contribution in [0, 0.1) is 0 Å². The van der Waals surface area contributed by atoms with Crippen LogP contribution in [0.5, 0.6) is 0 Å². The Morgan fingerprint density at radius 3 is 1.43 bits per heavy atom. The van der Waals surface area contributed by atoms with E-state index in [4.69, 9.17) is 4.74 Å². The Morgan fingerprint density at radius 1 is 0.652 bits per heavy atom. The zero-order valence-corrected chi connectivity index (χ0v) is 15.0. The van der Waals surface area contributed by atoms with Gasteiger partial charge in [0.05, 0.1) is 0 Å². The van der Waals surface area contributed by atoms with Crippen LogP contribution in [-0.2, 0) is 14.3 Å². The second kappa shape index (κ2) is 17.0. The maximum Gasteiger partial charge on any atom is 0.313 e. The van der Waals surface area contributed by atoms with Crippen molar-refractivity contribution in [2.24, 2.45) is 0 Å². The highest BCUT2D eigenvalue weighted by atomic mass is 16.6. The molecule has 0 spiro atoms. The first-order valence-corrected chi connectivity index (χ1v) is 9.24. The molecular formula is C20H34O3. The Hall–Kier alpha value is -1.38. The van der Waals surface area contributed by atoms with Gasteiger partial charge in [0.25, 0.3) is 0 Å². The standard InChI is InChI=1S/C20H34O3/c1-3-5-7-9-11-13-15-17-19(21)23-20(22)18-16-14-12-10-8-6-4-2/h11-14H,3-10,15-18H2,1-2H3/b13-11+,14-12+.